The predicted octanol–water partition coefficient (Wildman–Crippen LogP) is 0.707. The number of carbonyl (C=O) groups is 2. The molecule has 0 bridgehead atoms. The van der Waals surface area contributed by atoms with Gasteiger partial charge in [-0.2, -0.15) is 22.3 Å². The van der Waals surface area contributed by atoms with Gasteiger partial charge in [0.25, 0.3) is 5.16 Å². The monoisotopic (exact) mass is 425 g/mol. The van der Waals surface area contributed by atoms with Gasteiger partial charge in [-0.1, -0.05) is 13.8 Å². The van der Waals surface area contributed by atoms with Gasteiger partial charge in [0.05, 0.1) is 17.8 Å². The van der Waals surface area contributed by atoms with E-state index in [1.54, 1.807) is 18.7 Å². The normalized spacial score (nSPS) is 11.5. The number of hydrogen-bond acceptors (Lipinski definition) is 7. The number of aryl methyl sites for hydroxylation is 1. The average Bonchev–Trinajstić information content (AvgIpc) is 3.28. The third-order valence-electron chi connectivity index (χ3n) is 4.40. The fourth-order valence-corrected chi connectivity index (χ4v) is 4.14. The van der Waals surface area contributed by atoms with E-state index in [-0.39, 0.29) is 12.3 Å². The van der Waals surface area contributed by atoms with Gasteiger partial charge in [-0.3, -0.25) is 4.79 Å². The molecule has 12 heteroatoms. The zero-order valence-corrected chi connectivity index (χ0v) is 18.2. The molecule has 160 valence electrons. The van der Waals surface area contributed by atoms with Crippen LogP contribution < -0.4 is 5.32 Å². The molecule has 1 N–H and O–H groups in total. The van der Waals surface area contributed by atoms with Gasteiger partial charge in [-0.05, 0) is 26.7 Å². The van der Waals surface area contributed by atoms with Crippen molar-refractivity contribution in [1.82, 2.24) is 34.2 Å². The molecule has 0 radical (unpaired) electrons. The molecule has 0 atom stereocenters. The first-order chi connectivity index (χ1) is 13.7. The molecular weight excluding hydrogens is 398 g/mol. The van der Waals surface area contributed by atoms with Crippen LogP contribution in [0, 0.1) is 13.8 Å². The van der Waals surface area contributed by atoms with Crippen molar-refractivity contribution in [1.29, 1.82) is 0 Å². The minimum absolute atomic E-state index is 0.00698. The first-order valence-corrected chi connectivity index (χ1v) is 10.8. The molecule has 0 aliphatic heterocycles. The molecule has 2 amide bonds. The van der Waals surface area contributed by atoms with Crippen molar-refractivity contribution in [3.8, 4) is 0 Å². The summed E-state index contributed by atoms with van der Waals surface area (Å²) in [6.45, 7) is 8.16. The lowest BCUT2D eigenvalue weighted by Gasteiger charge is -2.20. The number of rotatable bonds is 8. The highest BCUT2D eigenvalue weighted by Gasteiger charge is 2.29. The number of carbonyl (C=O) groups excluding carboxylic acids is 2. The highest BCUT2D eigenvalue weighted by atomic mass is 32.2. The van der Waals surface area contributed by atoms with Crippen molar-refractivity contribution in [2.45, 2.75) is 52.1 Å². The molecule has 2 heterocycles. The van der Waals surface area contributed by atoms with Crippen LogP contribution in [0.3, 0.4) is 0 Å². The first-order valence-electron chi connectivity index (χ1n) is 9.39. The molecule has 0 saturated carbocycles. The topological polar surface area (TPSA) is 132 Å². The summed E-state index contributed by atoms with van der Waals surface area (Å²) in [5.74, 6) is -0.256. The summed E-state index contributed by atoms with van der Waals surface area (Å²) in [6, 6.07) is -0.434. The van der Waals surface area contributed by atoms with Crippen LogP contribution in [-0.4, -0.2) is 69.3 Å². The van der Waals surface area contributed by atoms with Crippen LogP contribution in [0.4, 0.5) is 4.79 Å². The molecule has 0 aromatic carbocycles. The SMILES string of the molecule is CCCN(CCC)C(=O)n1cnc(S(=O)(=O)n2nc(C)c(CC(=O)NC)c2C)n1. The number of hydrogen-bond donors (Lipinski definition) is 1. The van der Waals surface area contributed by atoms with Crippen LogP contribution in [0.15, 0.2) is 11.5 Å². The van der Waals surface area contributed by atoms with Crippen molar-refractivity contribution in [2.75, 3.05) is 20.1 Å². The van der Waals surface area contributed by atoms with E-state index in [9.17, 15) is 18.0 Å². The maximum atomic E-state index is 13.0. The predicted molar refractivity (Wildman–Crippen MR) is 105 cm³/mol. The summed E-state index contributed by atoms with van der Waals surface area (Å²) in [4.78, 5) is 29.7. The van der Waals surface area contributed by atoms with Crippen LogP contribution >= 0.6 is 0 Å². The molecule has 0 unspecified atom stereocenters. The summed E-state index contributed by atoms with van der Waals surface area (Å²) >= 11 is 0. The van der Waals surface area contributed by atoms with Gasteiger partial charge in [-0.15, -0.1) is 5.10 Å². The van der Waals surface area contributed by atoms with E-state index in [2.05, 4.69) is 20.5 Å². The second-order valence-corrected chi connectivity index (χ2v) is 8.25. The lowest BCUT2D eigenvalue weighted by Crippen LogP contribution is -2.36. The summed E-state index contributed by atoms with van der Waals surface area (Å²) in [5, 5.41) is 9.91. The molecule has 29 heavy (non-hydrogen) atoms. The fraction of sp³-hybridized carbons (Fsp3) is 0.588. The van der Waals surface area contributed by atoms with E-state index in [1.165, 1.54) is 7.05 Å². The van der Waals surface area contributed by atoms with Gasteiger partial charge in [-0.25, -0.2) is 9.78 Å². The Bertz CT molecular complexity index is 988. The van der Waals surface area contributed by atoms with Gasteiger partial charge in [0.1, 0.15) is 6.33 Å². The second kappa shape index (κ2) is 9.16. The smallest absolute Gasteiger partial charge is 0.346 e. The van der Waals surface area contributed by atoms with Crippen molar-refractivity contribution in [2.24, 2.45) is 0 Å². The Hall–Kier alpha value is -2.76. The summed E-state index contributed by atoms with van der Waals surface area (Å²) in [7, 11) is -2.71. The third kappa shape index (κ3) is 4.63. The van der Waals surface area contributed by atoms with E-state index in [0.29, 0.717) is 30.0 Å². The van der Waals surface area contributed by atoms with Crippen molar-refractivity contribution in [3.63, 3.8) is 0 Å². The standard InChI is InChI=1S/C17H27N7O4S/c1-6-8-22(9-7-2)17(26)23-11-19-16(21-23)29(27,28)24-13(4)14(12(3)20-24)10-15(25)18-5/h11H,6-10H2,1-5H3,(H,18,25). The summed E-state index contributed by atoms with van der Waals surface area (Å²) < 4.78 is 27.7. The fourth-order valence-electron chi connectivity index (χ4n) is 2.91. The van der Waals surface area contributed by atoms with Crippen LogP contribution in [0.2, 0.25) is 0 Å². The van der Waals surface area contributed by atoms with E-state index < -0.39 is 21.2 Å². The van der Waals surface area contributed by atoms with E-state index in [4.69, 9.17) is 0 Å². The Labute approximate surface area is 170 Å². The zero-order chi connectivity index (χ0) is 21.8. The van der Waals surface area contributed by atoms with Gasteiger partial charge in [0.15, 0.2) is 0 Å². The third-order valence-corrected chi connectivity index (χ3v) is 5.86. The molecular formula is C17H27N7O4S. The Morgan fingerprint density at radius 1 is 1.14 bits per heavy atom. The molecule has 11 nitrogen and oxygen atoms in total. The van der Waals surface area contributed by atoms with Gasteiger partial charge < -0.3 is 10.2 Å². The highest BCUT2D eigenvalue weighted by Crippen LogP contribution is 2.18. The molecule has 0 fully saturated rings. The van der Waals surface area contributed by atoms with Gasteiger partial charge in [0.2, 0.25) is 5.91 Å². The molecule has 0 aliphatic carbocycles. The van der Waals surface area contributed by atoms with Crippen LogP contribution in [-0.2, 0) is 21.2 Å². The quantitative estimate of drug-likeness (QED) is 0.658. The van der Waals surface area contributed by atoms with Gasteiger partial charge >= 0.3 is 16.1 Å². The number of amides is 2. The van der Waals surface area contributed by atoms with E-state index >= 15 is 0 Å². The Morgan fingerprint density at radius 2 is 1.76 bits per heavy atom. The molecule has 0 aliphatic rings. The number of nitrogens with zero attached hydrogens (tertiary/aromatic N) is 6. The van der Waals surface area contributed by atoms with Crippen molar-refractivity contribution < 1.29 is 18.0 Å². The summed E-state index contributed by atoms with van der Waals surface area (Å²) in [5.41, 5.74) is 1.23. The van der Waals surface area contributed by atoms with Crippen LogP contribution in [0.1, 0.15) is 43.6 Å². The minimum atomic E-state index is -4.22. The Balaban J connectivity index is 2.37. The molecule has 0 saturated heterocycles. The zero-order valence-electron chi connectivity index (χ0n) is 17.3. The second-order valence-electron chi connectivity index (χ2n) is 6.59. The van der Waals surface area contributed by atoms with E-state index in [1.807, 2.05) is 13.8 Å². The lowest BCUT2D eigenvalue weighted by molar-refractivity contribution is -0.119. The van der Waals surface area contributed by atoms with Crippen LogP contribution in [0.25, 0.3) is 0 Å². The number of nitrogens with one attached hydrogen (secondary N) is 1. The number of aromatic nitrogens is 5. The van der Waals surface area contributed by atoms with Gasteiger partial charge in [0, 0.05) is 25.7 Å². The average molecular weight is 426 g/mol. The Morgan fingerprint density at radius 3 is 2.31 bits per heavy atom. The molecule has 0 spiro atoms. The lowest BCUT2D eigenvalue weighted by atomic mass is 10.1. The molecule has 2 aromatic heterocycles. The maximum Gasteiger partial charge on any atom is 0.346 e. The number of likely N-dealkylation sites (N-methyl/N-ethyl adjacent to an activating group) is 1. The minimum Gasteiger partial charge on any atom is -0.359 e. The van der Waals surface area contributed by atoms with Crippen LogP contribution in [0.5, 0.6) is 0 Å². The largest absolute Gasteiger partial charge is 0.359 e. The molecule has 2 aromatic rings. The van der Waals surface area contributed by atoms with Crippen molar-refractivity contribution in [3.05, 3.63) is 23.3 Å². The maximum absolute atomic E-state index is 13.0. The van der Waals surface area contributed by atoms with E-state index in [0.717, 1.165) is 27.9 Å². The van der Waals surface area contributed by atoms with Crippen molar-refractivity contribution >= 4 is 22.0 Å². The first kappa shape index (κ1) is 22.5. The summed E-state index contributed by atoms with van der Waals surface area (Å²) in [6.07, 6.45) is 2.63. The Kier molecular flexibility index (Phi) is 7.11. The molecule has 2 rings (SSSR count). The highest BCUT2D eigenvalue weighted by molar-refractivity contribution is 7.89.